The van der Waals surface area contributed by atoms with Gasteiger partial charge in [0.2, 0.25) is 0 Å². The topological polar surface area (TPSA) is 53.8 Å². The minimum absolute atomic E-state index is 0.0625. The number of ether oxygens (including phenoxy) is 1. The fourth-order valence-corrected chi connectivity index (χ4v) is 2.21. The number of phenolic OH excluding ortho intramolecular Hbond substituents is 1. The molecule has 0 amide bonds. The molecule has 6 heteroatoms. The summed E-state index contributed by atoms with van der Waals surface area (Å²) in [7, 11) is 1.49. The predicted molar refractivity (Wildman–Crippen MR) is 85.0 cm³/mol. The van der Waals surface area contributed by atoms with Gasteiger partial charge in [-0.2, -0.15) is 5.10 Å². The van der Waals surface area contributed by atoms with Crippen molar-refractivity contribution in [2.75, 3.05) is 12.5 Å². The number of rotatable bonds is 4. The Bertz CT molecular complexity index is 647. The third-order valence-corrected chi connectivity index (χ3v) is 3.34. The number of nitrogens with zero attached hydrogens (tertiary/aromatic N) is 1. The Kier molecular flexibility index (Phi) is 4.87. The first-order valence-corrected chi connectivity index (χ1v) is 6.88. The van der Waals surface area contributed by atoms with Crippen molar-refractivity contribution in [3.8, 4) is 11.5 Å². The fraction of sp³-hybridized carbons (Fsp3) is 0.0714. The maximum atomic E-state index is 9.71. The number of nitrogens with one attached hydrogen (secondary N) is 1. The maximum Gasteiger partial charge on any atom is 0.172 e. The van der Waals surface area contributed by atoms with Crippen LogP contribution in [0.4, 0.5) is 5.69 Å². The van der Waals surface area contributed by atoms with Crippen molar-refractivity contribution in [2.45, 2.75) is 0 Å². The van der Waals surface area contributed by atoms with Crippen LogP contribution < -0.4 is 10.2 Å². The number of methoxy groups -OCH3 is 1. The van der Waals surface area contributed by atoms with E-state index < -0.39 is 0 Å². The van der Waals surface area contributed by atoms with Crippen molar-refractivity contribution in [2.24, 2.45) is 5.10 Å². The minimum atomic E-state index is 0.0625. The number of hydrazone groups is 1. The van der Waals surface area contributed by atoms with Crippen LogP contribution in [-0.2, 0) is 0 Å². The van der Waals surface area contributed by atoms with Gasteiger partial charge in [-0.05, 0) is 51.8 Å². The molecule has 0 bridgehead atoms. The molecular weight excluding hydrogens is 344 g/mol. The van der Waals surface area contributed by atoms with Crippen LogP contribution in [0, 0.1) is 0 Å². The molecule has 0 heterocycles. The van der Waals surface area contributed by atoms with Crippen molar-refractivity contribution >= 4 is 39.4 Å². The molecule has 0 radical (unpaired) electrons. The van der Waals surface area contributed by atoms with Crippen LogP contribution >= 0.6 is 27.5 Å². The molecule has 2 N–H and O–H groups in total. The van der Waals surface area contributed by atoms with Crippen molar-refractivity contribution in [3.05, 3.63) is 51.5 Å². The normalized spacial score (nSPS) is 10.8. The number of benzene rings is 2. The molecule has 104 valence electrons. The Morgan fingerprint density at radius 2 is 2.15 bits per heavy atom. The van der Waals surface area contributed by atoms with Gasteiger partial charge >= 0.3 is 0 Å². The van der Waals surface area contributed by atoms with E-state index >= 15 is 0 Å². The van der Waals surface area contributed by atoms with E-state index in [1.165, 1.54) is 7.11 Å². The Morgan fingerprint density at radius 1 is 1.35 bits per heavy atom. The van der Waals surface area contributed by atoms with E-state index in [-0.39, 0.29) is 5.75 Å². The van der Waals surface area contributed by atoms with E-state index in [1.54, 1.807) is 30.5 Å². The van der Waals surface area contributed by atoms with E-state index in [2.05, 4.69) is 26.5 Å². The summed E-state index contributed by atoms with van der Waals surface area (Å²) in [6.07, 6.45) is 1.62. The van der Waals surface area contributed by atoms with Crippen molar-refractivity contribution in [3.63, 3.8) is 0 Å². The molecule has 2 aromatic carbocycles. The predicted octanol–water partition coefficient (Wildman–Crippen LogP) is 4.26. The van der Waals surface area contributed by atoms with E-state index in [4.69, 9.17) is 16.3 Å². The first-order chi connectivity index (χ1) is 9.60. The van der Waals surface area contributed by atoms with E-state index in [0.717, 1.165) is 11.3 Å². The Morgan fingerprint density at radius 3 is 2.85 bits per heavy atom. The van der Waals surface area contributed by atoms with Gasteiger partial charge < -0.3 is 9.84 Å². The molecule has 0 atom stereocenters. The fourth-order valence-electron chi connectivity index (χ4n) is 1.56. The third kappa shape index (κ3) is 3.65. The molecule has 20 heavy (non-hydrogen) atoms. The van der Waals surface area contributed by atoms with E-state index in [9.17, 15) is 5.11 Å². The standard InChI is InChI=1S/C14H12BrClN2O2/c1-20-13-6-9(5-12(15)14(13)19)8-17-18-11-4-2-3-10(16)7-11/h2-8,18-19H,1H3. The highest BCUT2D eigenvalue weighted by molar-refractivity contribution is 9.10. The molecule has 0 saturated heterocycles. The SMILES string of the molecule is COc1cc(C=NNc2cccc(Cl)c2)cc(Br)c1O. The summed E-state index contributed by atoms with van der Waals surface area (Å²) in [5.74, 6) is 0.441. The minimum Gasteiger partial charge on any atom is -0.503 e. The first-order valence-electron chi connectivity index (χ1n) is 5.71. The molecule has 0 aliphatic rings. The number of hydrogen-bond acceptors (Lipinski definition) is 4. The maximum absolute atomic E-state index is 9.71. The number of aromatic hydroxyl groups is 1. The Hall–Kier alpha value is -1.72. The summed E-state index contributed by atoms with van der Waals surface area (Å²) >= 11 is 9.13. The zero-order valence-corrected chi connectivity index (χ0v) is 12.9. The van der Waals surface area contributed by atoms with Crippen molar-refractivity contribution in [1.82, 2.24) is 0 Å². The van der Waals surface area contributed by atoms with Crippen LogP contribution in [0.3, 0.4) is 0 Å². The van der Waals surface area contributed by atoms with Gasteiger partial charge in [-0.15, -0.1) is 0 Å². The Labute approximate surface area is 130 Å². The molecule has 0 aliphatic carbocycles. The van der Waals surface area contributed by atoms with Gasteiger partial charge in [-0.25, -0.2) is 0 Å². The highest BCUT2D eigenvalue weighted by Crippen LogP contribution is 2.34. The Balaban J connectivity index is 2.14. The van der Waals surface area contributed by atoms with E-state index in [0.29, 0.717) is 15.2 Å². The molecule has 0 aromatic heterocycles. The summed E-state index contributed by atoms with van der Waals surface area (Å²) in [5.41, 5.74) is 4.44. The van der Waals surface area contributed by atoms with Crippen molar-refractivity contribution in [1.29, 1.82) is 0 Å². The highest BCUT2D eigenvalue weighted by atomic mass is 79.9. The molecule has 4 nitrogen and oxygen atoms in total. The molecule has 0 unspecified atom stereocenters. The van der Waals surface area contributed by atoms with Crippen LogP contribution in [0.25, 0.3) is 0 Å². The molecule has 2 rings (SSSR count). The van der Waals surface area contributed by atoms with Gasteiger partial charge in [-0.1, -0.05) is 17.7 Å². The average molecular weight is 356 g/mol. The second-order valence-corrected chi connectivity index (χ2v) is 5.22. The smallest absolute Gasteiger partial charge is 0.172 e. The van der Waals surface area contributed by atoms with Gasteiger partial charge in [0.1, 0.15) is 0 Å². The molecular formula is C14H12BrClN2O2. The summed E-state index contributed by atoms with van der Waals surface area (Å²) in [6, 6.07) is 10.7. The molecule has 2 aromatic rings. The summed E-state index contributed by atoms with van der Waals surface area (Å²) in [6.45, 7) is 0. The van der Waals surface area contributed by atoms with Gasteiger partial charge in [-0.3, -0.25) is 5.43 Å². The van der Waals surface area contributed by atoms with Crippen LogP contribution in [0.1, 0.15) is 5.56 Å². The lowest BCUT2D eigenvalue weighted by Crippen LogP contribution is -1.92. The number of anilines is 1. The molecule has 0 aliphatic heterocycles. The number of halogens is 2. The first kappa shape index (κ1) is 14.7. The molecule has 0 saturated carbocycles. The monoisotopic (exact) mass is 354 g/mol. The highest BCUT2D eigenvalue weighted by Gasteiger charge is 2.07. The van der Waals surface area contributed by atoms with Gasteiger partial charge in [0, 0.05) is 5.02 Å². The van der Waals surface area contributed by atoms with Gasteiger partial charge in [0.05, 0.1) is 23.5 Å². The number of phenols is 1. The van der Waals surface area contributed by atoms with Gasteiger partial charge in [0.25, 0.3) is 0 Å². The quantitative estimate of drug-likeness (QED) is 0.636. The molecule has 0 fully saturated rings. The second kappa shape index (κ2) is 6.63. The van der Waals surface area contributed by atoms with Crippen LogP contribution in [0.2, 0.25) is 5.02 Å². The van der Waals surface area contributed by atoms with E-state index in [1.807, 2.05) is 12.1 Å². The van der Waals surface area contributed by atoms with Crippen LogP contribution in [0.5, 0.6) is 11.5 Å². The lowest BCUT2D eigenvalue weighted by molar-refractivity contribution is 0.372. The second-order valence-electron chi connectivity index (χ2n) is 3.93. The molecule has 0 spiro atoms. The lowest BCUT2D eigenvalue weighted by atomic mass is 10.2. The lowest BCUT2D eigenvalue weighted by Gasteiger charge is -2.06. The third-order valence-electron chi connectivity index (χ3n) is 2.50. The van der Waals surface area contributed by atoms with Crippen molar-refractivity contribution < 1.29 is 9.84 Å². The number of hydrogen-bond donors (Lipinski definition) is 2. The summed E-state index contributed by atoms with van der Waals surface area (Å²) in [5, 5.41) is 14.5. The summed E-state index contributed by atoms with van der Waals surface area (Å²) < 4.78 is 5.61. The van der Waals surface area contributed by atoms with Crippen LogP contribution in [-0.4, -0.2) is 18.4 Å². The average Bonchev–Trinajstić information content (AvgIpc) is 2.42. The zero-order chi connectivity index (χ0) is 14.5. The summed E-state index contributed by atoms with van der Waals surface area (Å²) in [4.78, 5) is 0. The van der Waals surface area contributed by atoms with Gasteiger partial charge in [0.15, 0.2) is 11.5 Å². The zero-order valence-electron chi connectivity index (χ0n) is 10.6. The van der Waals surface area contributed by atoms with Crippen LogP contribution in [0.15, 0.2) is 46.0 Å². The largest absolute Gasteiger partial charge is 0.503 e.